The monoisotopic (exact) mass is 376 g/mol. The summed E-state index contributed by atoms with van der Waals surface area (Å²) in [4.78, 5) is 24.0. The highest BCUT2D eigenvalue weighted by Gasteiger charge is 2.70. The van der Waals surface area contributed by atoms with Gasteiger partial charge in [0.05, 0.1) is 11.5 Å². The maximum Gasteiger partial charge on any atom is 0.309 e. The van der Waals surface area contributed by atoms with Crippen molar-refractivity contribution in [2.24, 2.45) is 34.0 Å². The molecule has 27 heavy (non-hydrogen) atoms. The summed E-state index contributed by atoms with van der Waals surface area (Å²) in [6.45, 7) is 9.78. The van der Waals surface area contributed by atoms with Gasteiger partial charge in [-0.1, -0.05) is 19.9 Å². The van der Waals surface area contributed by atoms with E-state index in [0.717, 1.165) is 37.7 Å². The van der Waals surface area contributed by atoms with Crippen LogP contribution in [0.3, 0.4) is 0 Å². The van der Waals surface area contributed by atoms with Crippen LogP contribution in [0.4, 0.5) is 0 Å². The van der Waals surface area contributed by atoms with Gasteiger partial charge in [0.15, 0.2) is 0 Å². The molecule has 0 aromatic heterocycles. The second-order valence-electron chi connectivity index (χ2n) is 10.2. The highest BCUT2D eigenvalue weighted by Crippen LogP contribution is 2.72. The Bertz CT molecular complexity index is 701. The average Bonchev–Trinajstić information content (AvgIpc) is 2.75. The van der Waals surface area contributed by atoms with Crippen LogP contribution >= 0.6 is 0 Å². The Morgan fingerprint density at radius 1 is 1.22 bits per heavy atom. The lowest BCUT2D eigenvalue weighted by Crippen LogP contribution is -2.63. The zero-order valence-electron chi connectivity index (χ0n) is 16.7. The number of carbonyl (C=O) groups excluding carboxylic acids is 1. The molecule has 4 aliphatic rings. The van der Waals surface area contributed by atoms with E-state index in [1.807, 2.05) is 6.92 Å². The summed E-state index contributed by atoms with van der Waals surface area (Å²) in [5, 5.41) is 21.2. The van der Waals surface area contributed by atoms with Gasteiger partial charge in [-0.15, -0.1) is 0 Å². The number of fused-ring (bicyclic) bond motifs is 3. The number of aliphatic carboxylic acids is 1. The molecule has 1 spiro atoms. The van der Waals surface area contributed by atoms with E-state index in [4.69, 9.17) is 4.74 Å². The normalized spacial score (nSPS) is 51.3. The van der Waals surface area contributed by atoms with Gasteiger partial charge in [0.25, 0.3) is 0 Å². The SMILES string of the molecule is C=C1[C@@H]2C[C@H](O)[C@H]3[C@]4(C)CCC[C@@](C)(C(=O)O)[C@H]4CC[C@]3(C2)[C@@H]1OC(C)=O. The van der Waals surface area contributed by atoms with E-state index in [1.165, 1.54) is 6.92 Å². The highest BCUT2D eigenvalue weighted by molar-refractivity contribution is 5.75. The fraction of sp³-hybridized carbons (Fsp3) is 0.818. The van der Waals surface area contributed by atoms with Gasteiger partial charge >= 0.3 is 11.9 Å². The van der Waals surface area contributed by atoms with Crippen molar-refractivity contribution in [3.05, 3.63) is 12.2 Å². The number of esters is 1. The van der Waals surface area contributed by atoms with Gasteiger partial charge in [0.1, 0.15) is 6.10 Å². The summed E-state index contributed by atoms with van der Waals surface area (Å²) >= 11 is 0. The lowest BCUT2D eigenvalue weighted by molar-refractivity contribution is -0.217. The van der Waals surface area contributed by atoms with E-state index in [1.54, 1.807) is 0 Å². The molecule has 4 rings (SSSR count). The summed E-state index contributed by atoms with van der Waals surface area (Å²) < 4.78 is 5.80. The van der Waals surface area contributed by atoms with Gasteiger partial charge in [0, 0.05) is 18.3 Å². The quantitative estimate of drug-likeness (QED) is 0.569. The molecule has 150 valence electrons. The first-order valence-corrected chi connectivity index (χ1v) is 10.3. The molecular formula is C22H32O5. The molecule has 2 N–H and O–H groups in total. The van der Waals surface area contributed by atoms with Crippen molar-refractivity contribution in [1.82, 2.24) is 0 Å². The standard InChI is InChI=1S/C22H32O5/c1-12-14-10-15(24)17-20(3)7-5-8-21(4,19(25)26)16(20)6-9-22(17,11-14)18(12)27-13(2)23/h14-18,24H,1,5-11H2,2-4H3,(H,25,26)/t14-,15+,16+,17+,18-,20-,21-,22-/m1/s1. The summed E-state index contributed by atoms with van der Waals surface area (Å²) in [5.41, 5.74) is -0.368. The Kier molecular flexibility index (Phi) is 4.09. The van der Waals surface area contributed by atoms with Crippen LogP contribution in [0.5, 0.6) is 0 Å². The van der Waals surface area contributed by atoms with Crippen LogP contribution in [0.2, 0.25) is 0 Å². The van der Waals surface area contributed by atoms with E-state index < -0.39 is 17.5 Å². The maximum atomic E-state index is 12.2. The van der Waals surface area contributed by atoms with E-state index in [2.05, 4.69) is 13.5 Å². The minimum absolute atomic E-state index is 0.0323. The van der Waals surface area contributed by atoms with Gasteiger partial charge in [0.2, 0.25) is 0 Å². The van der Waals surface area contributed by atoms with Crippen LogP contribution in [0.15, 0.2) is 12.2 Å². The number of carbonyl (C=O) groups is 2. The molecular weight excluding hydrogens is 344 g/mol. The number of carboxylic acids is 1. The lowest BCUT2D eigenvalue weighted by Gasteiger charge is -2.64. The average molecular weight is 376 g/mol. The minimum Gasteiger partial charge on any atom is -0.481 e. The van der Waals surface area contributed by atoms with Crippen LogP contribution in [-0.2, 0) is 14.3 Å². The molecule has 0 unspecified atom stereocenters. The van der Waals surface area contributed by atoms with Gasteiger partial charge in [-0.3, -0.25) is 9.59 Å². The number of ether oxygens (including phenoxy) is 1. The summed E-state index contributed by atoms with van der Waals surface area (Å²) in [6, 6.07) is 0. The number of rotatable bonds is 2. The van der Waals surface area contributed by atoms with Gasteiger partial charge in [-0.2, -0.15) is 0 Å². The first-order chi connectivity index (χ1) is 12.6. The van der Waals surface area contributed by atoms with Crippen LogP contribution in [0.25, 0.3) is 0 Å². The second-order valence-corrected chi connectivity index (χ2v) is 10.2. The Labute approximate surface area is 161 Å². The topological polar surface area (TPSA) is 83.8 Å². The lowest BCUT2D eigenvalue weighted by atomic mass is 9.40. The van der Waals surface area contributed by atoms with Gasteiger partial charge < -0.3 is 14.9 Å². The summed E-state index contributed by atoms with van der Waals surface area (Å²) in [7, 11) is 0. The molecule has 0 radical (unpaired) electrons. The van der Waals surface area contributed by atoms with Crippen molar-refractivity contribution in [3.8, 4) is 0 Å². The number of hydrogen-bond acceptors (Lipinski definition) is 4. The Balaban J connectivity index is 1.81. The van der Waals surface area contributed by atoms with Crippen molar-refractivity contribution < 1.29 is 24.5 Å². The number of hydrogen-bond donors (Lipinski definition) is 2. The van der Waals surface area contributed by atoms with Crippen LogP contribution < -0.4 is 0 Å². The zero-order chi connectivity index (χ0) is 19.8. The molecule has 4 fully saturated rings. The predicted octanol–water partition coefficient (Wildman–Crippen LogP) is 3.55. The van der Waals surface area contributed by atoms with Gasteiger partial charge in [-0.25, -0.2) is 0 Å². The molecule has 0 heterocycles. The third kappa shape index (κ3) is 2.33. The highest BCUT2D eigenvalue weighted by atomic mass is 16.5. The molecule has 2 bridgehead atoms. The molecule has 0 amide bonds. The van der Waals surface area contributed by atoms with E-state index in [-0.39, 0.29) is 40.7 Å². The molecule has 0 saturated heterocycles. The van der Waals surface area contributed by atoms with E-state index in [9.17, 15) is 19.8 Å². The molecule has 4 aliphatic carbocycles. The van der Waals surface area contributed by atoms with Crippen molar-refractivity contribution in [3.63, 3.8) is 0 Å². The molecule has 8 atom stereocenters. The molecule has 4 saturated carbocycles. The summed E-state index contributed by atoms with van der Waals surface area (Å²) in [5.74, 6) is -0.852. The number of carboxylic acid groups (broad SMARTS) is 1. The molecule has 5 heteroatoms. The fourth-order valence-corrected chi connectivity index (χ4v) is 8.06. The molecule has 0 aromatic carbocycles. The summed E-state index contributed by atoms with van der Waals surface area (Å²) in [6.07, 6.45) is 4.79. The maximum absolute atomic E-state index is 12.2. The predicted molar refractivity (Wildman–Crippen MR) is 99.8 cm³/mol. The molecule has 5 nitrogen and oxygen atoms in total. The van der Waals surface area contributed by atoms with Crippen molar-refractivity contribution in [1.29, 1.82) is 0 Å². The minimum atomic E-state index is -0.752. The van der Waals surface area contributed by atoms with Gasteiger partial charge in [-0.05, 0) is 68.3 Å². The van der Waals surface area contributed by atoms with E-state index in [0.29, 0.717) is 12.8 Å². The number of aliphatic hydroxyl groups excluding tert-OH is 1. The largest absolute Gasteiger partial charge is 0.481 e. The Morgan fingerprint density at radius 2 is 1.93 bits per heavy atom. The van der Waals surface area contributed by atoms with Crippen molar-refractivity contribution >= 4 is 11.9 Å². The third-order valence-electron chi connectivity index (χ3n) is 8.90. The fourth-order valence-electron chi connectivity index (χ4n) is 8.06. The first-order valence-electron chi connectivity index (χ1n) is 10.3. The molecule has 0 aliphatic heterocycles. The van der Waals surface area contributed by atoms with Crippen LogP contribution in [0, 0.1) is 34.0 Å². The molecule has 0 aromatic rings. The zero-order valence-corrected chi connectivity index (χ0v) is 16.7. The second kappa shape index (κ2) is 5.82. The Morgan fingerprint density at radius 3 is 2.56 bits per heavy atom. The van der Waals surface area contributed by atoms with Crippen molar-refractivity contribution in [2.75, 3.05) is 0 Å². The Hall–Kier alpha value is -1.36. The van der Waals surface area contributed by atoms with E-state index >= 15 is 0 Å². The third-order valence-corrected chi connectivity index (χ3v) is 8.90. The first kappa shape index (κ1) is 19.0. The van der Waals surface area contributed by atoms with Crippen molar-refractivity contribution in [2.45, 2.75) is 77.9 Å². The van der Waals surface area contributed by atoms with Crippen LogP contribution in [0.1, 0.15) is 65.7 Å². The smallest absolute Gasteiger partial charge is 0.309 e. The number of aliphatic hydroxyl groups is 1. The van der Waals surface area contributed by atoms with Crippen LogP contribution in [-0.4, -0.2) is 34.4 Å².